The topological polar surface area (TPSA) is 102 Å². The Kier molecular flexibility index (Phi) is 8.09. The molecule has 150 valence electrons. The van der Waals surface area contributed by atoms with Crippen molar-refractivity contribution in [2.24, 2.45) is 0 Å². The van der Waals surface area contributed by atoms with Gasteiger partial charge in [-0.05, 0) is 35.9 Å². The van der Waals surface area contributed by atoms with Crippen LogP contribution in [0.3, 0.4) is 0 Å². The smallest absolute Gasteiger partial charge is 0.321 e. The number of benzene rings is 2. The molecule has 7 nitrogen and oxygen atoms in total. The number of hydrogen-bond donors (Lipinski definition) is 2. The molecule has 0 saturated carbocycles. The lowest BCUT2D eigenvalue weighted by Gasteiger charge is -2.09. The number of halogens is 3. The summed E-state index contributed by atoms with van der Waals surface area (Å²) in [5.41, 5.74) is 0.779. The average molecular weight is 466 g/mol. The van der Waals surface area contributed by atoms with Gasteiger partial charge in [0, 0.05) is 11.6 Å². The Morgan fingerprint density at radius 2 is 1.75 bits per heavy atom. The molecule has 2 aromatic rings. The number of hydrogen-bond acceptors (Lipinski definition) is 5. The Morgan fingerprint density at radius 1 is 1.00 bits per heavy atom. The molecule has 0 unspecified atom stereocenters. The molecule has 0 fully saturated rings. The van der Waals surface area contributed by atoms with Crippen molar-refractivity contribution in [1.82, 2.24) is 10.0 Å². The second-order valence-electron chi connectivity index (χ2n) is 5.47. The highest BCUT2D eigenvalue weighted by atomic mass is 35.5. The van der Waals surface area contributed by atoms with Crippen molar-refractivity contribution >= 4 is 56.7 Å². The predicted molar refractivity (Wildman–Crippen MR) is 106 cm³/mol. The van der Waals surface area contributed by atoms with Crippen molar-refractivity contribution in [3.8, 4) is 0 Å². The lowest BCUT2D eigenvalue weighted by molar-refractivity contribution is -0.147. The molecule has 0 aliphatic carbocycles. The first kappa shape index (κ1) is 22.4. The fourth-order valence-electron chi connectivity index (χ4n) is 1.98. The fourth-order valence-corrected chi connectivity index (χ4v) is 3.55. The third-order valence-corrected chi connectivity index (χ3v) is 5.72. The fraction of sp³-hybridized carbons (Fsp3) is 0.176. The van der Waals surface area contributed by atoms with Crippen LogP contribution >= 0.6 is 34.8 Å². The molecule has 0 radical (unpaired) electrons. The zero-order valence-corrected chi connectivity index (χ0v) is 17.3. The van der Waals surface area contributed by atoms with Crippen molar-refractivity contribution in [2.75, 3.05) is 13.2 Å². The van der Waals surface area contributed by atoms with Crippen molar-refractivity contribution in [1.29, 1.82) is 0 Å². The van der Waals surface area contributed by atoms with Gasteiger partial charge in [-0.25, -0.2) is 8.42 Å². The van der Waals surface area contributed by atoms with Crippen LogP contribution in [-0.4, -0.2) is 33.4 Å². The van der Waals surface area contributed by atoms with Crippen LogP contribution in [0.1, 0.15) is 5.56 Å². The van der Waals surface area contributed by atoms with E-state index in [1.165, 1.54) is 12.1 Å². The van der Waals surface area contributed by atoms with E-state index in [2.05, 4.69) is 10.0 Å². The number of carbonyl (C=O) groups excluding carboxylic acids is 2. The highest BCUT2D eigenvalue weighted by molar-refractivity contribution is 7.89. The van der Waals surface area contributed by atoms with Gasteiger partial charge in [-0.2, -0.15) is 4.72 Å². The van der Waals surface area contributed by atoms with Gasteiger partial charge in [0.25, 0.3) is 5.91 Å². The van der Waals surface area contributed by atoms with E-state index in [0.29, 0.717) is 5.02 Å². The second-order valence-corrected chi connectivity index (χ2v) is 8.49. The minimum atomic E-state index is -3.99. The zero-order chi connectivity index (χ0) is 20.7. The normalized spacial score (nSPS) is 11.1. The van der Waals surface area contributed by atoms with Gasteiger partial charge in [0.2, 0.25) is 10.0 Å². The molecule has 0 spiro atoms. The van der Waals surface area contributed by atoms with Crippen LogP contribution in [0, 0.1) is 0 Å². The standard InChI is InChI=1S/C17H15Cl3N2O5S/c18-12-3-1-2-11(6-12)8-21-16(23)10-27-17(24)9-22-28(25,26)13-4-5-14(19)15(20)7-13/h1-7,22H,8-10H2,(H,21,23). The van der Waals surface area contributed by atoms with Gasteiger partial charge in [-0.3, -0.25) is 9.59 Å². The number of sulfonamides is 1. The Balaban J connectivity index is 1.77. The molecule has 0 atom stereocenters. The molecule has 0 heterocycles. The molecule has 11 heteroatoms. The maximum absolute atomic E-state index is 12.1. The van der Waals surface area contributed by atoms with Crippen LogP contribution < -0.4 is 10.0 Å². The summed E-state index contributed by atoms with van der Waals surface area (Å²) in [6, 6.07) is 10.6. The number of nitrogens with one attached hydrogen (secondary N) is 2. The zero-order valence-electron chi connectivity index (χ0n) is 14.2. The third kappa shape index (κ3) is 6.96. The Hall–Kier alpha value is -1.84. The summed E-state index contributed by atoms with van der Waals surface area (Å²) in [5, 5.41) is 3.34. The molecule has 1 amide bonds. The molecule has 0 bridgehead atoms. The minimum absolute atomic E-state index is 0.0588. The largest absolute Gasteiger partial charge is 0.455 e. The van der Waals surface area contributed by atoms with Crippen molar-refractivity contribution in [3.05, 3.63) is 63.1 Å². The van der Waals surface area contributed by atoms with Gasteiger partial charge in [-0.15, -0.1) is 0 Å². The summed E-state index contributed by atoms with van der Waals surface area (Å²) in [6.07, 6.45) is 0. The van der Waals surface area contributed by atoms with E-state index in [1.54, 1.807) is 24.3 Å². The molecule has 0 aliphatic heterocycles. The molecule has 2 aromatic carbocycles. The summed E-state index contributed by atoms with van der Waals surface area (Å²) in [7, 11) is -3.99. The summed E-state index contributed by atoms with van der Waals surface area (Å²) < 4.78 is 31.0. The van der Waals surface area contributed by atoms with Gasteiger partial charge in [0.15, 0.2) is 6.61 Å². The van der Waals surface area contributed by atoms with Crippen LogP contribution in [0.25, 0.3) is 0 Å². The van der Waals surface area contributed by atoms with Crippen molar-refractivity contribution < 1.29 is 22.7 Å². The van der Waals surface area contributed by atoms with Gasteiger partial charge >= 0.3 is 5.97 Å². The van der Waals surface area contributed by atoms with E-state index in [4.69, 9.17) is 39.5 Å². The molecule has 2 rings (SSSR count). The first-order valence-electron chi connectivity index (χ1n) is 7.79. The quantitative estimate of drug-likeness (QED) is 0.584. The van der Waals surface area contributed by atoms with Gasteiger partial charge in [-0.1, -0.05) is 46.9 Å². The number of ether oxygens (including phenoxy) is 1. The average Bonchev–Trinajstić information content (AvgIpc) is 2.65. The molecular weight excluding hydrogens is 451 g/mol. The minimum Gasteiger partial charge on any atom is -0.455 e. The van der Waals surface area contributed by atoms with Gasteiger partial charge in [0.1, 0.15) is 6.54 Å². The third-order valence-electron chi connectivity index (χ3n) is 3.35. The van der Waals surface area contributed by atoms with Gasteiger partial charge < -0.3 is 10.1 Å². The first-order chi connectivity index (χ1) is 13.2. The summed E-state index contributed by atoms with van der Waals surface area (Å²) >= 11 is 17.4. The van der Waals surface area contributed by atoms with Crippen LogP contribution in [0.4, 0.5) is 0 Å². The van der Waals surface area contributed by atoms with Crippen LogP contribution in [0.15, 0.2) is 47.4 Å². The van der Waals surface area contributed by atoms with E-state index >= 15 is 0 Å². The highest BCUT2D eigenvalue weighted by Crippen LogP contribution is 2.24. The molecule has 0 aromatic heterocycles. The lowest BCUT2D eigenvalue weighted by Crippen LogP contribution is -2.33. The molecule has 0 aliphatic rings. The summed E-state index contributed by atoms with van der Waals surface area (Å²) in [5.74, 6) is -1.46. The molecule has 0 saturated heterocycles. The lowest BCUT2D eigenvalue weighted by atomic mass is 10.2. The van der Waals surface area contributed by atoms with E-state index < -0.39 is 35.1 Å². The number of carbonyl (C=O) groups is 2. The van der Waals surface area contributed by atoms with Crippen LogP contribution in [0.2, 0.25) is 15.1 Å². The highest BCUT2D eigenvalue weighted by Gasteiger charge is 2.18. The molecule has 28 heavy (non-hydrogen) atoms. The number of rotatable bonds is 8. The number of esters is 1. The van der Waals surface area contributed by atoms with Crippen LogP contribution in [-0.2, 0) is 30.9 Å². The monoisotopic (exact) mass is 464 g/mol. The summed E-state index contributed by atoms with van der Waals surface area (Å²) in [6.45, 7) is -0.987. The first-order valence-corrected chi connectivity index (χ1v) is 10.4. The molecule has 2 N–H and O–H groups in total. The maximum Gasteiger partial charge on any atom is 0.321 e. The predicted octanol–water partition coefficient (Wildman–Crippen LogP) is 2.78. The SMILES string of the molecule is O=C(COC(=O)CNS(=O)(=O)c1ccc(Cl)c(Cl)c1)NCc1cccc(Cl)c1. The van der Waals surface area contributed by atoms with Gasteiger partial charge in [0.05, 0.1) is 14.9 Å². The summed E-state index contributed by atoms with van der Waals surface area (Å²) in [4.78, 5) is 23.2. The van der Waals surface area contributed by atoms with Crippen LogP contribution in [0.5, 0.6) is 0 Å². The molecular formula is C17H15Cl3N2O5S. The van der Waals surface area contributed by atoms with E-state index in [-0.39, 0.29) is 21.5 Å². The second kappa shape index (κ2) is 10.1. The maximum atomic E-state index is 12.1. The van der Waals surface area contributed by atoms with E-state index in [9.17, 15) is 18.0 Å². The van der Waals surface area contributed by atoms with Crippen molar-refractivity contribution in [3.63, 3.8) is 0 Å². The Morgan fingerprint density at radius 3 is 2.43 bits per heavy atom. The van der Waals surface area contributed by atoms with E-state index in [0.717, 1.165) is 11.6 Å². The van der Waals surface area contributed by atoms with E-state index in [1.807, 2.05) is 0 Å². The Labute approximate surface area is 177 Å². The Bertz CT molecular complexity index is 983. The number of amides is 1. The van der Waals surface area contributed by atoms with Crippen molar-refractivity contribution in [2.45, 2.75) is 11.4 Å².